The van der Waals surface area contributed by atoms with E-state index < -0.39 is 6.10 Å². The Morgan fingerprint density at radius 3 is 2.41 bits per heavy atom. The van der Waals surface area contributed by atoms with Gasteiger partial charge < -0.3 is 9.47 Å². The smallest absolute Gasteiger partial charge is 0.280 e. The van der Waals surface area contributed by atoms with E-state index in [0.29, 0.717) is 10.8 Å². The molecule has 5 nitrogen and oxygen atoms in total. The molecule has 0 bridgehead atoms. The van der Waals surface area contributed by atoms with Gasteiger partial charge in [-0.25, -0.2) is 5.43 Å². The number of para-hydroxylation sites is 1. The van der Waals surface area contributed by atoms with Crippen LogP contribution in [0.4, 0.5) is 0 Å². The predicted octanol–water partition coefficient (Wildman–Crippen LogP) is 5.36. The van der Waals surface area contributed by atoms with Gasteiger partial charge in [0.2, 0.25) is 0 Å². The van der Waals surface area contributed by atoms with Gasteiger partial charge in [0.05, 0.1) is 6.21 Å². The van der Waals surface area contributed by atoms with E-state index in [1.165, 1.54) is 0 Å². The van der Waals surface area contributed by atoms with Crippen molar-refractivity contribution in [3.63, 3.8) is 0 Å². The van der Waals surface area contributed by atoms with E-state index in [1.54, 1.807) is 31.3 Å². The maximum Gasteiger partial charge on any atom is 0.280 e. The number of hydrogen-bond donors (Lipinski definition) is 1. The zero-order valence-corrected chi connectivity index (χ0v) is 16.9. The Morgan fingerprint density at radius 1 is 1.03 bits per heavy atom. The van der Waals surface area contributed by atoms with Crippen LogP contribution in [0.1, 0.15) is 18.1 Å². The number of nitrogens with zero attached hydrogens (tertiary/aromatic N) is 1. The lowest BCUT2D eigenvalue weighted by atomic mass is 10.2. The second-order valence-electron chi connectivity index (χ2n) is 6.39. The highest BCUT2D eigenvalue weighted by Gasteiger charge is 2.15. The molecular weight excluding hydrogens is 388 g/mol. The van der Waals surface area contributed by atoms with E-state index in [-0.39, 0.29) is 5.91 Å². The molecule has 1 unspecified atom stereocenters. The Bertz CT molecular complexity index is 989. The first-order chi connectivity index (χ1) is 14.0. The van der Waals surface area contributed by atoms with E-state index in [9.17, 15) is 4.79 Å². The molecule has 3 rings (SSSR count). The molecule has 0 spiro atoms. The molecule has 148 valence electrons. The molecular formula is C23H21ClN2O3. The fraction of sp³-hybridized carbons (Fsp3) is 0.130. The molecule has 1 atom stereocenters. The van der Waals surface area contributed by atoms with E-state index >= 15 is 0 Å². The Kier molecular flexibility index (Phi) is 6.87. The Morgan fingerprint density at radius 2 is 1.72 bits per heavy atom. The third-order valence-corrected chi connectivity index (χ3v) is 4.29. The molecule has 3 aromatic carbocycles. The van der Waals surface area contributed by atoms with Gasteiger partial charge in [0.1, 0.15) is 17.2 Å². The van der Waals surface area contributed by atoms with E-state index in [2.05, 4.69) is 10.5 Å². The molecule has 0 aliphatic carbocycles. The van der Waals surface area contributed by atoms with Crippen molar-refractivity contribution in [3.8, 4) is 17.2 Å². The van der Waals surface area contributed by atoms with Crippen LogP contribution in [0.25, 0.3) is 0 Å². The van der Waals surface area contributed by atoms with Crippen LogP contribution in [-0.4, -0.2) is 18.2 Å². The summed E-state index contributed by atoms with van der Waals surface area (Å²) in [7, 11) is 0. The second-order valence-corrected chi connectivity index (χ2v) is 6.82. The monoisotopic (exact) mass is 408 g/mol. The van der Waals surface area contributed by atoms with Crippen LogP contribution in [-0.2, 0) is 4.79 Å². The van der Waals surface area contributed by atoms with Crippen molar-refractivity contribution in [3.05, 3.63) is 88.9 Å². The van der Waals surface area contributed by atoms with E-state index in [1.807, 2.05) is 61.5 Å². The SMILES string of the molecule is Cc1cc(Cl)ccc1OC(C)C(=O)N/N=C/c1ccc(Oc2ccccc2)cc1. The van der Waals surface area contributed by atoms with E-state index in [4.69, 9.17) is 21.1 Å². The maximum atomic E-state index is 12.2. The fourth-order valence-corrected chi connectivity index (χ4v) is 2.72. The number of aryl methyl sites for hydroxylation is 1. The van der Waals surface area contributed by atoms with Gasteiger partial charge in [-0.3, -0.25) is 4.79 Å². The number of carbonyl (C=O) groups excluding carboxylic acids is 1. The van der Waals surface area contributed by atoms with Crippen LogP contribution >= 0.6 is 11.6 Å². The summed E-state index contributed by atoms with van der Waals surface area (Å²) in [6, 6.07) is 22.2. The van der Waals surface area contributed by atoms with Crippen molar-refractivity contribution in [1.82, 2.24) is 5.43 Å². The number of hydrogen-bond acceptors (Lipinski definition) is 4. The molecule has 1 N–H and O–H groups in total. The Hall–Kier alpha value is -3.31. The summed E-state index contributed by atoms with van der Waals surface area (Å²) in [5.74, 6) is 1.75. The van der Waals surface area contributed by atoms with Crippen LogP contribution in [0.15, 0.2) is 77.9 Å². The largest absolute Gasteiger partial charge is 0.481 e. The summed E-state index contributed by atoms with van der Waals surface area (Å²) in [5.41, 5.74) is 4.17. The molecule has 0 aliphatic heterocycles. The van der Waals surface area contributed by atoms with Crippen LogP contribution in [0.5, 0.6) is 17.2 Å². The number of rotatable bonds is 7. The Labute approximate surface area is 174 Å². The van der Waals surface area contributed by atoms with Gasteiger partial charge in [-0.15, -0.1) is 0 Å². The lowest BCUT2D eigenvalue weighted by Crippen LogP contribution is -2.33. The molecule has 0 aromatic heterocycles. The first-order valence-corrected chi connectivity index (χ1v) is 9.48. The van der Waals surface area contributed by atoms with Crippen molar-refractivity contribution in [2.75, 3.05) is 0 Å². The third-order valence-electron chi connectivity index (χ3n) is 4.06. The minimum atomic E-state index is -0.700. The number of carbonyl (C=O) groups is 1. The van der Waals surface area contributed by atoms with Crippen LogP contribution in [0, 0.1) is 6.92 Å². The highest BCUT2D eigenvalue weighted by molar-refractivity contribution is 6.30. The highest BCUT2D eigenvalue weighted by Crippen LogP contribution is 2.23. The van der Waals surface area contributed by atoms with Gasteiger partial charge in [-0.05, 0) is 79.6 Å². The summed E-state index contributed by atoms with van der Waals surface area (Å²) in [6.45, 7) is 3.53. The summed E-state index contributed by atoms with van der Waals surface area (Å²) in [5, 5.41) is 4.61. The quantitative estimate of drug-likeness (QED) is 0.423. The summed E-state index contributed by atoms with van der Waals surface area (Å²) in [4.78, 5) is 12.2. The number of nitrogens with one attached hydrogen (secondary N) is 1. The van der Waals surface area contributed by atoms with Gasteiger partial charge >= 0.3 is 0 Å². The minimum absolute atomic E-state index is 0.348. The zero-order chi connectivity index (χ0) is 20.6. The molecule has 0 saturated carbocycles. The molecule has 3 aromatic rings. The molecule has 6 heteroatoms. The minimum Gasteiger partial charge on any atom is -0.481 e. The average Bonchev–Trinajstić information content (AvgIpc) is 2.72. The van der Waals surface area contributed by atoms with Crippen molar-refractivity contribution in [1.29, 1.82) is 0 Å². The van der Waals surface area contributed by atoms with Crippen molar-refractivity contribution < 1.29 is 14.3 Å². The molecule has 0 fully saturated rings. The lowest BCUT2D eigenvalue weighted by Gasteiger charge is -2.14. The molecule has 0 aliphatic rings. The lowest BCUT2D eigenvalue weighted by molar-refractivity contribution is -0.127. The first-order valence-electron chi connectivity index (χ1n) is 9.10. The standard InChI is InChI=1S/C23H21ClN2O3/c1-16-14-19(24)10-13-22(16)28-17(2)23(27)26-25-15-18-8-11-21(12-9-18)29-20-6-4-3-5-7-20/h3-15,17H,1-2H3,(H,26,27)/b25-15+. The predicted molar refractivity (Wildman–Crippen MR) is 115 cm³/mol. The highest BCUT2D eigenvalue weighted by atomic mass is 35.5. The summed E-state index contributed by atoms with van der Waals surface area (Å²) < 4.78 is 11.4. The van der Waals surface area contributed by atoms with Gasteiger partial charge in [-0.1, -0.05) is 29.8 Å². The second kappa shape index (κ2) is 9.75. The first kappa shape index (κ1) is 20.4. The summed E-state index contributed by atoms with van der Waals surface area (Å²) in [6.07, 6.45) is 0.860. The molecule has 1 amide bonds. The van der Waals surface area contributed by atoms with Crippen LogP contribution in [0.3, 0.4) is 0 Å². The van der Waals surface area contributed by atoms with Crippen LogP contribution in [0.2, 0.25) is 5.02 Å². The van der Waals surface area contributed by atoms with Gasteiger partial charge in [0.25, 0.3) is 5.91 Å². The van der Waals surface area contributed by atoms with Crippen LogP contribution < -0.4 is 14.9 Å². The maximum absolute atomic E-state index is 12.2. The summed E-state index contributed by atoms with van der Waals surface area (Å²) >= 11 is 5.93. The molecule has 0 saturated heterocycles. The zero-order valence-electron chi connectivity index (χ0n) is 16.1. The number of amides is 1. The Balaban J connectivity index is 1.51. The number of ether oxygens (including phenoxy) is 2. The molecule has 0 heterocycles. The van der Waals surface area contributed by atoms with Crippen molar-refractivity contribution in [2.45, 2.75) is 20.0 Å². The van der Waals surface area contributed by atoms with Crippen molar-refractivity contribution >= 4 is 23.7 Å². The van der Waals surface area contributed by atoms with E-state index in [0.717, 1.165) is 22.6 Å². The van der Waals surface area contributed by atoms with Gasteiger partial charge in [0, 0.05) is 5.02 Å². The van der Waals surface area contributed by atoms with Crippen molar-refractivity contribution in [2.24, 2.45) is 5.10 Å². The number of benzene rings is 3. The normalized spacial score (nSPS) is 11.8. The molecule has 29 heavy (non-hydrogen) atoms. The topological polar surface area (TPSA) is 59.9 Å². The fourth-order valence-electron chi connectivity index (χ4n) is 2.50. The number of halogens is 1. The average molecular weight is 409 g/mol. The number of hydrazone groups is 1. The van der Waals surface area contributed by atoms with Gasteiger partial charge in [0.15, 0.2) is 6.10 Å². The molecule has 0 radical (unpaired) electrons. The third kappa shape index (κ3) is 6.09. The van der Waals surface area contributed by atoms with Gasteiger partial charge in [-0.2, -0.15) is 5.10 Å².